The first-order valence-electron chi connectivity index (χ1n) is 3.30. The Morgan fingerprint density at radius 2 is 2.31 bits per heavy atom. The molecule has 3 nitrogen and oxygen atoms in total. The summed E-state index contributed by atoms with van der Waals surface area (Å²) in [4.78, 5) is 0. The first kappa shape index (κ1) is 11.1. The summed E-state index contributed by atoms with van der Waals surface area (Å²) in [7, 11) is 0. The molecule has 6 heteroatoms. The van der Waals surface area contributed by atoms with Crippen LogP contribution < -0.4 is 11.1 Å². The molecule has 0 aromatic heterocycles. The molecule has 0 fully saturated rings. The monoisotopic (exact) mass is 373 g/mol. The molecule has 70 valence electrons. The zero-order valence-corrected chi connectivity index (χ0v) is 10.9. The lowest BCUT2D eigenvalue weighted by molar-refractivity contribution is 1.50. The molecule has 0 saturated carbocycles. The Morgan fingerprint density at radius 3 is 2.85 bits per heavy atom. The van der Waals surface area contributed by atoms with Gasteiger partial charge in [-0.3, -0.25) is 0 Å². The molecule has 13 heavy (non-hydrogen) atoms. The Bertz CT molecular complexity index is 343. The molecule has 0 spiro atoms. The average molecular weight is 374 g/mol. The summed E-state index contributed by atoms with van der Waals surface area (Å²) >= 11 is 10.8. The van der Waals surface area contributed by atoms with Crippen LogP contribution in [0, 0.1) is 3.57 Å². The Balaban J connectivity index is 2.90. The molecule has 0 atom stereocenters. The molecule has 0 aliphatic rings. The quantitative estimate of drug-likeness (QED) is 0.451. The van der Waals surface area contributed by atoms with Crippen molar-refractivity contribution in [3.05, 3.63) is 26.2 Å². The second kappa shape index (κ2) is 5.02. The van der Waals surface area contributed by atoms with Gasteiger partial charge in [0.05, 0.1) is 5.69 Å². The van der Waals surface area contributed by atoms with Crippen LogP contribution in [0.3, 0.4) is 0 Å². The van der Waals surface area contributed by atoms with E-state index in [0.717, 1.165) is 13.7 Å². The van der Waals surface area contributed by atoms with Crippen LogP contribution in [0.15, 0.2) is 27.2 Å². The number of nitrogens with one attached hydrogen (secondary N) is 1. The van der Waals surface area contributed by atoms with Gasteiger partial charge in [-0.15, -0.1) is 4.51 Å². The van der Waals surface area contributed by atoms with E-state index in [0.29, 0.717) is 0 Å². The second-order valence-corrected chi connectivity index (χ2v) is 4.49. The van der Waals surface area contributed by atoms with Crippen LogP contribution in [0.4, 0.5) is 5.69 Å². The highest BCUT2D eigenvalue weighted by atomic mass is 127. The fraction of sp³-hybridized carbons (Fsp3) is 0. The molecule has 0 saturated heterocycles. The van der Waals surface area contributed by atoms with Crippen molar-refractivity contribution in [2.24, 2.45) is 10.2 Å². The van der Waals surface area contributed by atoms with Crippen molar-refractivity contribution in [2.75, 3.05) is 5.32 Å². The van der Waals surface area contributed by atoms with Gasteiger partial charge < -0.3 is 11.1 Å². The summed E-state index contributed by atoms with van der Waals surface area (Å²) in [5.41, 5.74) is 6.23. The summed E-state index contributed by atoms with van der Waals surface area (Å²) in [5.74, 6) is 0.170. The van der Waals surface area contributed by atoms with E-state index < -0.39 is 0 Å². The minimum absolute atomic E-state index is 0.170. The number of anilines is 1. The topological polar surface area (TPSA) is 50.4 Å². The van der Waals surface area contributed by atoms with Gasteiger partial charge in [0.25, 0.3) is 0 Å². The van der Waals surface area contributed by atoms with Crippen LogP contribution in [0.1, 0.15) is 0 Å². The van der Waals surface area contributed by atoms with Crippen LogP contribution in [0.25, 0.3) is 0 Å². The Morgan fingerprint density at radius 1 is 1.62 bits per heavy atom. The smallest absolute Gasteiger partial charge is 0.210 e. The number of halogens is 3. The van der Waals surface area contributed by atoms with Crippen molar-refractivity contribution >= 4 is 61.9 Å². The molecule has 0 aliphatic heterocycles. The highest BCUT2D eigenvalue weighted by molar-refractivity contribution is 14.1. The fourth-order valence-electron chi connectivity index (χ4n) is 0.750. The van der Waals surface area contributed by atoms with E-state index in [-0.39, 0.29) is 5.96 Å². The van der Waals surface area contributed by atoms with Gasteiger partial charge in [0, 0.05) is 19.8 Å². The molecule has 1 rings (SSSR count). The zero-order chi connectivity index (χ0) is 9.84. The van der Waals surface area contributed by atoms with Crippen molar-refractivity contribution in [1.82, 2.24) is 0 Å². The molecule has 0 aliphatic carbocycles. The van der Waals surface area contributed by atoms with Crippen molar-refractivity contribution in [1.29, 1.82) is 0 Å². The zero-order valence-electron chi connectivity index (χ0n) is 6.39. The van der Waals surface area contributed by atoms with E-state index in [9.17, 15) is 0 Å². The molecule has 0 amide bonds. The van der Waals surface area contributed by atoms with E-state index in [2.05, 4.69) is 48.3 Å². The van der Waals surface area contributed by atoms with E-state index in [1.165, 1.54) is 0 Å². The van der Waals surface area contributed by atoms with E-state index in [4.69, 9.17) is 17.5 Å². The minimum atomic E-state index is 0.170. The number of hydrogen-bond acceptors (Lipinski definition) is 1. The first-order chi connectivity index (χ1) is 6.13. The van der Waals surface area contributed by atoms with Crippen molar-refractivity contribution in [3.8, 4) is 0 Å². The lowest BCUT2D eigenvalue weighted by atomic mass is 10.3. The Labute approximate surface area is 103 Å². The lowest BCUT2D eigenvalue weighted by Crippen LogP contribution is -2.21. The van der Waals surface area contributed by atoms with Crippen molar-refractivity contribution < 1.29 is 0 Å². The van der Waals surface area contributed by atoms with Crippen LogP contribution >= 0.6 is 50.3 Å². The third-order valence-corrected chi connectivity index (χ3v) is 2.79. The average Bonchev–Trinajstić information content (AvgIpc) is 2.09. The van der Waals surface area contributed by atoms with Gasteiger partial charge in [-0.25, -0.2) is 0 Å². The lowest BCUT2D eigenvalue weighted by Gasteiger charge is -2.06. The predicted octanol–water partition coefficient (Wildman–Crippen LogP) is 2.93. The summed E-state index contributed by atoms with van der Waals surface area (Å²) in [6, 6.07) is 5.81. The number of nitrogens with zero attached hydrogens (tertiary/aromatic N) is 1. The standard InChI is InChI=1S/C7H6BrClIN3/c8-5-3-4(10)1-2-6(5)12-7(11)13-9/h1-3H,(H3,11,12,13). The molecule has 1 aromatic carbocycles. The number of nitrogens with two attached hydrogens (primary N) is 1. The molecule has 0 bridgehead atoms. The second-order valence-electron chi connectivity index (χ2n) is 2.22. The largest absolute Gasteiger partial charge is 0.369 e. The maximum Gasteiger partial charge on any atom is 0.210 e. The molecule has 0 radical (unpaired) electrons. The van der Waals surface area contributed by atoms with Crippen LogP contribution in [-0.2, 0) is 0 Å². The number of hydrogen-bond donors (Lipinski definition) is 2. The maximum absolute atomic E-state index is 5.40. The summed E-state index contributed by atoms with van der Waals surface area (Å²) in [6.45, 7) is 0. The highest BCUT2D eigenvalue weighted by Crippen LogP contribution is 2.24. The van der Waals surface area contributed by atoms with E-state index >= 15 is 0 Å². The number of guanidine groups is 1. The summed E-state index contributed by atoms with van der Waals surface area (Å²) < 4.78 is 5.33. The maximum atomic E-state index is 5.40. The Hall–Kier alpha value is -0.0100. The molecule has 3 N–H and O–H groups in total. The van der Waals surface area contributed by atoms with Crippen LogP contribution in [0.2, 0.25) is 0 Å². The first-order valence-corrected chi connectivity index (χ1v) is 5.51. The number of benzene rings is 1. The third-order valence-electron chi connectivity index (χ3n) is 1.28. The third kappa shape index (κ3) is 3.32. The van der Waals surface area contributed by atoms with Gasteiger partial charge >= 0.3 is 0 Å². The van der Waals surface area contributed by atoms with Gasteiger partial charge in [0.15, 0.2) is 0 Å². The highest BCUT2D eigenvalue weighted by Gasteiger charge is 2.00. The predicted molar refractivity (Wildman–Crippen MR) is 68.0 cm³/mol. The molecular formula is C7H6BrClIN3. The van der Waals surface area contributed by atoms with Gasteiger partial charge in [-0.2, -0.15) is 0 Å². The van der Waals surface area contributed by atoms with Crippen molar-refractivity contribution in [3.63, 3.8) is 0 Å². The SMILES string of the molecule is NC(=NCl)Nc1ccc(I)cc1Br. The van der Waals surface area contributed by atoms with Gasteiger partial charge in [0.2, 0.25) is 5.96 Å². The molecule has 0 heterocycles. The molecule has 0 unspecified atom stereocenters. The van der Waals surface area contributed by atoms with Gasteiger partial charge in [-0.05, 0) is 56.7 Å². The summed E-state index contributed by atoms with van der Waals surface area (Å²) in [6.07, 6.45) is 0. The Kier molecular flexibility index (Phi) is 4.27. The molecular weight excluding hydrogens is 368 g/mol. The van der Waals surface area contributed by atoms with Crippen LogP contribution in [-0.4, -0.2) is 5.96 Å². The van der Waals surface area contributed by atoms with Crippen molar-refractivity contribution in [2.45, 2.75) is 0 Å². The van der Waals surface area contributed by atoms with Gasteiger partial charge in [0.1, 0.15) is 0 Å². The van der Waals surface area contributed by atoms with Gasteiger partial charge in [-0.1, -0.05) is 0 Å². The van der Waals surface area contributed by atoms with E-state index in [1.807, 2.05) is 18.2 Å². The van der Waals surface area contributed by atoms with Crippen LogP contribution in [0.5, 0.6) is 0 Å². The number of rotatable bonds is 1. The fourth-order valence-corrected chi connectivity index (χ4v) is 2.19. The summed E-state index contributed by atoms with van der Waals surface area (Å²) in [5, 5.41) is 2.83. The minimum Gasteiger partial charge on any atom is -0.369 e. The molecule has 1 aromatic rings. The van der Waals surface area contributed by atoms with E-state index in [1.54, 1.807) is 0 Å². The normalized spacial score (nSPS) is 11.5.